The molecule has 0 aromatic rings. The number of likely N-dealkylation sites (tertiary alicyclic amines) is 1. The summed E-state index contributed by atoms with van der Waals surface area (Å²) in [4.78, 5) is 27.8. The van der Waals surface area contributed by atoms with Crippen LogP contribution in [0.2, 0.25) is 0 Å². The maximum atomic E-state index is 12.5. The Morgan fingerprint density at radius 3 is 2.72 bits per heavy atom. The molecule has 3 atom stereocenters. The Balaban J connectivity index is 2.00. The summed E-state index contributed by atoms with van der Waals surface area (Å²) in [5.74, 6) is 0.147. The second-order valence-corrected chi connectivity index (χ2v) is 5.52. The van der Waals surface area contributed by atoms with E-state index < -0.39 is 0 Å². The molecule has 2 amide bonds. The summed E-state index contributed by atoms with van der Waals surface area (Å²) >= 11 is 0. The van der Waals surface area contributed by atoms with E-state index in [1.807, 2.05) is 4.90 Å². The first kappa shape index (κ1) is 13.3. The molecule has 5 heteroatoms. The third-order valence-corrected chi connectivity index (χ3v) is 4.33. The Hall–Kier alpha value is -1.10. The highest BCUT2D eigenvalue weighted by Gasteiger charge is 2.35. The van der Waals surface area contributed by atoms with Crippen molar-refractivity contribution in [3.63, 3.8) is 0 Å². The maximum Gasteiger partial charge on any atom is 0.226 e. The fourth-order valence-corrected chi connectivity index (χ4v) is 2.76. The Kier molecular flexibility index (Phi) is 3.90. The summed E-state index contributed by atoms with van der Waals surface area (Å²) < 4.78 is 0. The van der Waals surface area contributed by atoms with Gasteiger partial charge in [-0.15, -0.1) is 0 Å². The molecule has 2 fully saturated rings. The number of nitrogens with one attached hydrogen (secondary N) is 1. The average Bonchev–Trinajstić information content (AvgIpc) is 2.35. The van der Waals surface area contributed by atoms with Crippen molar-refractivity contribution in [3.8, 4) is 0 Å². The number of amides is 2. The normalized spacial score (nSPS) is 33.7. The van der Waals surface area contributed by atoms with Crippen LogP contribution < -0.4 is 5.32 Å². The van der Waals surface area contributed by atoms with Crippen LogP contribution in [0.25, 0.3) is 0 Å². The largest absolute Gasteiger partial charge is 0.346 e. The Morgan fingerprint density at radius 2 is 2.06 bits per heavy atom. The standard InChI is InChI=1S/C13H23N3O2/c1-9-10(2)16(7-5-14-9)13(18)11-4-6-15(3)12(17)8-11/h9-11,14H,4-8H2,1-3H3. The first-order chi connectivity index (χ1) is 8.50. The molecule has 0 bridgehead atoms. The van der Waals surface area contributed by atoms with Crippen LogP contribution in [-0.4, -0.2) is 60.4 Å². The zero-order valence-corrected chi connectivity index (χ0v) is 11.5. The van der Waals surface area contributed by atoms with Gasteiger partial charge < -0.3 is 15.1 Å². The molecule has 0 radical (unpaired) electrons. The lowest BCUT2D eigenvalue weighted by molar-refractivity contribution is -0.146. The van der Waals surface area contributed by atoms with Crippen molar-refractivity contribution in [2.75, 3.05) is 26.7 Å². The van der Waals surface area contributed by atoms with Crippen molar-refractivity contribution < 1.29 is 9.59 Å². The molecule has 2 rings (SSSR count). The van der Waals surface area contributed by atoms with Crippen molar-refractivity contribution in [1.82, 2.24) is 15.1 Å². The minimum absolute atomic E-state index is 0.0930. The lowest BCUT2D eigenvalue weighted by atomic mass is 9.93. The second kappa shape index (κ2) is 5.26. The lowest BCUT2D eigenvalue weighted by Gasteiger charge is -2.41. The van der Waals surface area contributed by atoms with Crippen molar-refractivity contribution in [2.24, 2.45) is 5.92 Å². The molecule has 2 aliphatic heterocycles. The minimum Gasteiger partial charge on any atom is -0.346 e. The fraction of sp³-hybridized carbons (Fsp3) is 0.846. The zero-order chi connectivity index (χ0) is 13.3. The van der Waals surface area contributed by atoms with Gasteiger partial charge in [0.05, 0.1) is 0 Å². The van der Waals surface area contributed by atoms with Crippen LogP contribution in [0.15, 0.2) is 0 Å². The van der Waals surface area contributed by atoms with Gasteiger partial charge in [0.2, 0.25) is 11.8 Å². The fourth-order valence-electron chi connectivity index (χ4n) is 2.76. The number of carbonyl (C=O) groups excluding carboxylic acids is 2. The number of piperazine rings is 1. The van der Waals surface area contributed by atoms with Crippen LogP contribution in [0.3, 0.4) is 0 Å². The summed E-state index contributed by atoms with van der Waals surface area (Å²) in [6, 6.07) is 0.533. The monoisotopic (exact) mass is 253 g/mol. The molecule has 2 heterocycles. The second-order valence-electron chi connectivity index (χ2n) is 5.52. The summed E-state index contributed by atoms with van der Waals surface area (Å²) in [5, 5.41) is 3.37. The number of nitrogens with zero attached hydrogens (tertiary/aromatic N) is 2. The molecule has 0 saturated carbocycles. The molecule has 0 aliphatic carbocycles. The van der Waals surface area contributed by atoms with Gasteiger partial charge in [-0.3, -0.25) is 9.59 Å². The highest BCUT2D eigenvalue weighted by molar-refractivity contribution is 5.87. The Labute approximate surface area is 108 Å². The summed E-state index contributed by atoms with van der Waals surface area (Å²) in [7, 11) is 1.80. The quantitative estimate of drug-likeness (QED) is 0.719. The SMILES string of the molecule is CC1NCCN(C(=O)C2CCN(C)C(=O)C2)C1C. The van der Waals surface area contributed by atoms with E-state index in [1.54, 1.807) is 11.9 Å². The molecular formula is C13H23N3O2. The third-order valence-electron chi connectivity index (χ3n) is 4.33. The molecule has 0 aromatic heterocycles. The van der Waals surface area contributed by atoms with E-state index in [-0.39, 0.29) is 23.8 Å². The van der Waals surface area contributed by atoms with Crippen LogP contribution in [-0.2, 0) is 9.59 Å². The Morgan fingerprint density at radius 1 is 1.33 bits per heavy atom. The molecule has 3 unspecified atom stereocenters. The smallest absolute Gasteiger partial charge is 0.226 e. The number of hydrogen-bond donors (Lipinski definition) is 1. The summed E-state index contributed by atoms with van der Waals surface area (Å²) in [5.41, 5.74) is 0. The van der Waals surface area contributed by atoms with Crippen molar-refractivity contribution in [2.45, 2.75) is 38.8 Å². The summed E-state index contributed by atoms with van der Waals surface area (Å²) in [6.07, 6.45) is 1.17. The van der Waals surface area contributed by atoms with Gasteiger partial charge in [0.25, 0.3) is 0 Å². The van der Waals surface area contributed by atoms with Gasteiger partial charge in [-0.2, -0.15) is 0 Å². The molecule has 5 nitrogen and oxygen atoms in total. The Bertz CT molecular complexity index is 345. The van der Waals surface area contributed by atoms with Gasteiger partial charge in [0, 0.05) is 51.1 Å². The van der Waals surface area contributed by atoms with E-state index in [1.165, 1.54) is 0 Å². The van der Waals surface area contributed by atoms with Crippen molar-refractivity contribution in [3.05, 3.63) is 0 Å². The average molecular weight is 253 g/mol. The summed E-state index contributed by atoms with van der Waals surface area (Å²) in [6.45, 7) is 6.48. The van der Waals surface area contributed by atoms with Gasteiger partial charge in [0.15, 0.2) is 0 Å². The molecular weight excluding hydrogens is 230 g/mol. The molecule has 2 saturated heterocycles. The van der Waals surface area contributed by atoms with Gasteiger partial charge in [-0.1, -0.05) is 0 Å². The topological polar surface area (TPSA) is 52.7 Å². The third kappa shape index (κ3) is 2.51. The van der Waals surface area contributed by atoms with Crippen LogP contribution in [0.1, 0.15) is 26.7 Å². The van der Waals surface area contributed by atoms with E-state index in [9.17, 15) is 9.59 Å². The maximum absolute atomic E-state index is 12.5. The molecule has 102 valence electrons. The number of hydrogen-bond acceptors (Lipinski definition) is 3. The van der Waals surface area contributed by atoms with Gasteiger partial charge in [-0.25, -0.2) is 0 Å². The van der Waals surface area contributed by atoms with Gasteiger partial charge in [-0.05, 0) is 20.3 Å². The molecule has 2 aliphatic rings. The highest BCUT2D eigenvalue weighted by atomic mass is 16.2. The van der Waals surface area contributed by atoms with Crippen LogP contribution in [0.4, 0.5) is 0 Å². The van der Waals surface area contributed by atoms with Crippen molar-refractivity contribution >= 4 is 11.8 Å². The van der Waals surface area contributed by atoms with E-state index in [2.05, 4.69) is 19.2 Å². The van der Waals surface area contributed by atoms with Gasteiger partial charge in [0.1, 0.15) is 0 Å². The van der Waals surface area contributed by atoms with Crippen LogP contribution in [0, 0.1) is 5.92 Å². The number of piperidine rings is 1. The molecule has 1 N–H and O–H groups in total. The minimum atomic E-state index is -0.110. The number of rotatable bonds is 1. The predicted octanol–water partition coefficient (Wildman–Crippen LogP) is 0.0636. The first-order valence-corrected chi connectivity index (χ1v) is 6.78. The molecule has 18 heavy (non-hydrogen) atoms. The zero-order valence-electron chi connectivity index (χ0n) is 11.5. The molecule has 0 aromatic carbocycles. The van der Waals surface area contributed by atoms with E-state index in [0.29, 0.717) is 19.0 Å². The van der Waals surface area contributed by atoms with Gasteiger partial charge >= 0.3 is 0 Å². The van der Waals surface area contributed by atoms with Crippen LogP contribution >= 0.6 is 0 Å². The lowest BCUT2D eigenvalue weighted by Crippen LogP contribution is -2.59. The first-order valence-electron chi connectivity index (χ1n) is 6.78. The molecule has 0 spiro atoms. The van der Waals surface area contributed by atoms with Crippen molar-refractivity contribution in [1.29, 1.82) is 0 Å². The highest BCUT2D eigenvalue weighted by Crippen LogP contribution is 2.22. The van der Waals surface area contributed by atoms with E-state index in [0.717, 1.165) is 19.5 Å². The number of carbonyl (C=O) groups is 2. The van der Waals surface area contributed by atoms with E-state index in [4.69, 9.17) is 0 Å². The van der Waals surface area contributed by atoms with Crippen LogP contribution in [0.5, 0.6) is 0 Å². The predicted molar refractivity (Wildman–Crippen MR) is 69.0 cm³/mol. The van der Waals surface area contributed by atoms with E-state index >= 15 is 0 Å².